The molecule has 0 bridgehead atoms. The fourth-order valence-corrected chi connectivity index (χ4v) is 4.44. The maximum Gasteiger partial charge on any atom is 0.240 e. The second-order valence-electron chi connectivity index (χ2n) is 5.99. The summed E-state index contributed by atoms with van der Waals surface area (Å²) in [6.07, 6.45) is 0. The molecule has 2 aromatic carbocycles. The molecule has 2 aromatic rings. The summed E-state index contributed by atoms with van der Waals surface area (Å²) in [5.74, 6) is 2.50. The minimum Gasteiger partial charge on any atom is -0.496 e. The summed E-state index contributed by atoms with van der Waals surface area (Å²) in [6.45, 7) is 4.44. The molecule has 4 nitrogen and oxygen atoms in total. The van der Waals surface area contributed by atoms with Gasteiger partial charge in [0.15, 0.2) is 0 Å². The van der Waals surface area contributed by atoms with Crippen molar-refractivity contribution in [2.45, 2.75) is 30.4 Å². The van der Waals surface area contributed by atoms with Crippen LogP contribution in [-0.4, -0.2) is 27.8 Å². The van der Waals surface area contributed by atoms with Crippen LogP contribution >= 0.6 is 11.8 Å². The molecule has 0 saturated heterocycles. The summed E-state index contributed by atoms with van der Waals surface area (Å²) >= 11 is 1.71. The molecule has 0 aliphatic carbocycles. The van der Waals surface area contributed by atoms with Crippen molar-refractivity contribution in [3.05, 3.63) is 59.7 Å². The van der Waals surface area contributed by atoms with E-state index in [4.69, 9.17) is 4.74 Å². The number of sulfonamides is 1. The summed E-state index contributed by atoms with van der Waals surface area (Å²) in [5, 5.41) is 0. The van der Waals surface area contributed by atoms with Gasteiger partial charge in [0.05, 0.1) is 12.0 Å². The van der Waals surface area contributed by atoms with Crippen molar-refractivity contribution in [2.24, 2.45) is 0 Å². The van der Waals surface area contributed by atoms with Gasteiger partial charge in [-0.3, -0.25) is 0 Å². The van der Waals surface area contributed by atoms with Crippen molar-refractivity contribution in [3.8, 4) is 5.75 Å². The topological polar surface area (TPSA) is 55.4 Å². The highest BCUT2D eigenvalue weighted by molar-refractivity contribution is 7.98. The van der Waals surface area contributed by atoms with E-state index < -0.39 is 10.0 Å². The number of methoxy groups -OCH3 is 1. The largest absolute Gasteiger partial charge is 0.496 e. The molecule has 1 N–H and O–H groups in total. The maximum absolute atomic E-state index is 12.5. The molecule has 2 rings (SSSR count). The molecule has 0 unspecified atom stereocenters. The maximum atomic E-state index is 12.5. The Morgan fingerprint density at radius 3 is 2.48 bits per heavy atom. The van der Waals surface area contributed by atoms with Gasteiger partial charge in [-0.25, -0.2) is 13.1 Å². The van der Waals surface area contributed by atoms with Crippen molar-refractivity contribution < 1.29 is 13.2 Å². The van der Waals surface area contributed by atoms with Crippen molar-refractivity contribution in [1.29, 1.82) is 0 Å². The van der Waals surface area contributed by atoms with Crippen molar-refractivity contribution in [3.63, 3.8) is 0 Å². The van der Waals surface area contributed by atoms with E-state index in [9.17, 15) is 8.42 Å². The second-order valence-corrected chi connectivity index (χ2v) is 8.87. The van der Waals surface area contributed by atoms with Crippen LogP contribution in [0.15, 0.2) is 53.4 Å². The van der Waals surface area contributed by atoms with E-state index in [2.05, 4.69) is 16.9 Å². The Morgan fingerprint density at radius 2 is 1.84 bits per heavy atom. The first kappa shape index (κ1) is 19.8. The number of hydrogen-bond acceptors (Lipinski definition) is 4. The highest BCUT2D eigenvalue weighted by Gasteiger charge is 2.17. The summed E-state index contributed by atoms with van der Waals surface area (Å²) in [7, 11) is -1.91. The van der Waals surface area contributed by atoms with E-state index in [1.165, 1.54) is 5.56 Å². The molecule has 0 amide bonds. The number of thioether (sulfide) groups is 1. The third-order valence-electron chi connectivity index (χ3n) is 3.78. The first-order valence-corrected chi connectivity index (χ1v) is 10.9. The summed E-state index contributed by atoms with van der Waals surface area (Å²) < 4.78 is 32.9. The lowest BCUT2D eigenvalue weighted by molar-refractivity contribution is 0.407. The summed E-state index contributed by atoms with van der Waals surface area (Å²) in [4.78, 5) is 0.282. The van der Waals surface area contributed by atoms with Crippen LogP contribution in [0.25, 0.3) is 0 Å². The van der Waals surface area contributed by atoms with Crippen molar-refractivity contribution in [1.82, 2.24) is 4.72 Å². The molecule has 0 spiro atoms. The van der Waals surface area contributed by atoms with E-state index in [-0.39, 0.29) is 10.8 Å². The Morgan fingerprint density at radius 1 is 1.12 bits per heavy atom. The van der Waals surface area contributed by atoms with E-state index in [1.807, 2.05) is 32.0 Å². The van der Waals surface area contributed by atoms with Gasteiger partial charge in [-0.2, -0.15) is 11.8 Å². The SMILES string of the molecule is COc1ccc(S(=O)(=O)NCCSCc2ccccc2)cc1C(C)C. The van der Waals surface area contributed by atoms with E-state index >= 15 is 0 Å². The molecule has 0 radical (unpaired) electrons. The molecule has 0 aliphatic rings. The molecule has 6 heteroatoms. The van der Waals surface area contributed by atoms with Gasteiger partial charge in [-0.1, -0.05) is 44.2 Å². The first-order valence-electron chi connectivity index (χ1n) is 8.23. The number of benzene rings is 2. The molecule has 136 valence electrons. The van der Waals surface area contributed by atoms with E-state index in [1.54, 1.807) is 37.1 Å². The lowest BCUT2D eigenvalue weighted by atomic mass is 10.0. The van der Waals surface area contributed by atoms with Crippen LogP contribution in [0.3, 0.4) is 0 Å². The van der Waals surface area contributed by atoms with Crippen LogP contribution in [0.1, 0.15) is 30.9 Å². The molecule has 0 heterocycles. The Kier molecular flexibility index (Phi) is 7.35. The molecule has 0 aromatic heterocycles. The standard InChI is InChI=1S/C19H25NO3S2/c1-15(2)18-13-17(9-10-19(18)23-3)25(21,22)20-11-12-24-14-16-7-5-4-6-8-16/h4-10,13,15,20H,11-12,14H2,1-3H3. The fourth-order valence-electron chi connectivity index (χ4n) is 2.43. The molecule has 0 fully saturated rings. The van der Waals surface area contributed by atoms with Crippen LogP contribution in [-0.2, 0) is 15.8 Å². The minimum atomic E-state index is -3.51. The Bertz CT molecular complexity index is 775. The quantitative estimate of drug-likeness (QED) is 0.668. The predicted octanol–water partition coefficient (Wildman–Crippen LogP) is 4.03. The summed E-state index contributed by atoms with van der Waals surface area (Å²) in [5.41, 5.74) is 2.14. The first-order chi connectivity index (χ1) is 11.9. The Balaban J connectivity index is 1.92. The number of hydrogen-bond donors (Lipinski definition) is 1. The predicted molar refractivity (Wildman–Crippen MR) is 105 cm³/mol. The van der Waals surface area contributed by atoms with Crippen molar-refractivity contribution >= 4 is 21.8 Å². The molecule has 0 saturated carbocycles. The Labute approximate surface area is 155 Å². The van der Waals surface area contributed by atoms with Crippen LogP contribution in [0.2, 0.25) is 0 Å². The van der Waals surface area contributed by atoms with Gasteiger partial charge < -0.3 is 4.74 Å². The van der Waals surface area contributed by atoms with Gasteiger partial charge in [0, 0.05) is 18.1 Å². The molecular formula is C19H25NO3S2. The molecule has 0 aliphatic heterocycles. The Hall–Kier alpha value is -1.50. The van der Waals surface area contributed by atoms with Gasteiger partial charge in [-0.15, -0.1) is 0 Å². The molecule has 25 heavy (non-hydrogen) atoms. The van der Waals surface area contributed by atoms with Crippen LogP contribution < -0.4 is 9.46 Å². The van der Waals surface area contributed by atoms with Crippen LogP contribution in [0.4, 0.5) is 0 Å². The van der Waals surface area contributed by atoms with E-state index in [0.29, 0.717) is 12.3 Å². The van der Waals surface area contributed by atoms with Gasteiger partial charge in [0.1, 0.15) is 5.75 Å². The third kappa shape index (κ3) is 5.76. The zero-order valence-corrected chi connectivity index (χ0v) is 16.5. The number of ether oxygens (including phenoxy) is 1. The van der Waals surface area contributed by atoms with E-state index in [0.717, 1.165) is 17.1 Å². The van der Waals surface area contributed by atoms with Crippen LogP contribution in [0, 0.1) is 0 Å². The normalized spacial score (nSPS) is 11.7. The molecular weight excluding hydrogens is 354 g/mol. The monoisotopic (exact) mass is 379 g/mol. The zero-order valence-electron chi connectivity index (χ0n) is 14.9. The highest BCUT2D eigenvalue weighted by Crippen LogP contribution is 2.28. The number of rotatable bonds is 9. The van der Waals surface area contributed by atoms with Gasteiger partial charge in [0.2, 0.25) is 10.0 Å². The second kappa shape index (κ2) is 9.27. The zero-order chi connectivity index (χ0) is 18.3. The average Bonchev–Trinajstić information content (AvgIpc) is 2.61. The number of nitrogens with one attached hydrogen (secondary N) is 1. The molecule has 0 atom stereocenters. The highest BCUT2D eigenvalue weighted by atomic mass is 32.2. The van der Waals surface area contributed by atoms with Gasteiger partial charge >= 0.3 is 0 Å². The lowest BCUT2D eigenvalue weighted by Gasteiger charge is -2.14. The minimum absolute atomic E-state index is 0.187. The van der Waals surface area contributed by atoms with Gasteiger partial charge in [-0.05, 0) is 35.2 Å². The lowest BCUT2D eigenvalue weighted by Crippen LogP contribution is -2.26. The third-order valence-corrected chi connectivity index (χ3v) is 6.27. The fraction of sp³-hybridized carbons (Fsp3) is 0.368. The van der Waals surface area contributed by atoms with Gasteiger partial charge in [0.25, 0.3) is 0 Å². The smallest absolute Gasteiger partial charge is 0.240 e. The van der Waals surface area contributed by atoms with Crippen LogP contribution in [0.5, 0.6) is 5.75 Å². The van der Waals surface area contributed by atoms with Crippen molar-refractivity contribution in [2.75, 3.05) is 19.4 Å². The average molecular weight is 380 g/mol. The summed E-state index contributed by atoms with van der Waals surface area (Å²) in [6, 6.07) is 15.1.